The maximum absolute atomic E-state index is 13.6. The summed E-state index contributed by atoms with van der Waals surface area (Å²) in [6.07, 6.45) is 5.02. The Hall–Kier alpha value is -4.46. The molecule has 4 aromatic rings. The van der Waals surface area contributed by atoms with Crippen LogP contribution in [0, 0.1) is 18.7 Å². The minimum atomic E-state index is -0.431. The van der Waals surface area contributed by atoms with Gasteiger partial charge in [0.15, 0.2) is 5.78 Å². The highest BCUT2D eigenvalue weighted by Crippen LogP contribution is 2.22. The molecular weight excluding hydrogens is 471 g/mol. The first-order chi connectivity index (χ1) is 17.8. The predicted molar refractivity (Wildman–Crippen MR) is 140 cm³/mol. The number of carbonyl (C=O) groups is 2. The van der Waals surface area contributed by atoms with Gasteiger partial charge in [0.05, 0.1) is 12.7 Å². The Kier molecular flexibility index (Phi) is 7.67. The van der Waals surface area contributed by atoms with Gasteiger partial charge in [0.25, 0.3) is 5.56 Å². The number of rotatable bonds is 8. The lowest BCUT2D eigenvalue weighted by Crippen LogP contribution is -2.30. The van der Waals surface area contributed by atoms with Gasteiger partial charge >= 0.3 is 0 Å². The van der Waals surface area contributed by atoms with Crippen LogP contribution in [0.2, 0.25) is 0 Å². The van der Waals surface area contributed by atoms with Gasteiger partial charge in [-0.2, -0.15) is 0 Å². The van der Waals surface area contributed by atoms with E-state index in [1.165, 1.54) is 41.2 Å². The number of pyridine rings is 1. The van der Waals surface area contributed by atoms with E-state index in [0.717, 1.165) is 11.1 Å². The number of carbonyl (C=O) groups excluding carboxylic acids is 2. The molecule has 1 atom stereocenters. The Balaban J connectivity index is 1.76. The van der Waals surface area contributed by atoms with E-state index in [0.29, 0.717) is 28.9 Å². The highest BCUT2D eigenvalue weighted by atomic mass is 19.1. The molecule has 0 saturated heterocycles. The minimum absolute atomic E-state index is 0.0695. The number of hydrogen-bond acceptors (Lipinski definition) is 5. The molecule has 0 aliphatic carbocycles. The number of aromatic nitrogens is 3. The number of hydrogen-bond donors (Lipinski definition) is 1. The Bertz CT molecular complexity index is 1510. The second-order valence-electron chi connectivity index (χ2n) is 8.92. The summed E-state index contributed by atoms with van der Waals surface area (Å²) in [6, 6.07) is 14.5. The van der Waals surface area contributed by atoms with Crippen LogP contribution in [0.4, 0.5) is 10.1 Å². The Morgan fingerprint density at radius 2 is 1.76 bits per heavy atom. The molecule has 2 aromatic heterocycles. The zero-order valence-electron chi connectivity index (χ0n) is 20.9. The third-order valence-electron chi connectivity index (χ3n) is 6.26. The standard InChI is InChI=1S/C29H27FN4O3/c1-4-18(2)28(36)33-25-16-32-27(24-8-6-5-7-19(24)3)34(29(25)37)17-20-13-22(15-31-14-20)26(35)21-9-11-23(30)12-10-21/h5-16,18H,4,17H2,1-3H3,(H,33,36)/t18-/m1/s1. The van der Waals surface area contributed by atoms with Gasteiger partial charge in [0.2, 0.25) is 5.91 Å². The van der Waals surface area contributed by atoms with Crippen molar-refractivity contribution in [3.05, 3.63) is 112 Å². The minimum Gasteiger partial charge on any atom is -0.320 e. The number of ketones is 1. The van der Waals surface area contributed by atoms with Gasteiger partial charge in [0, 0.05) is 35.0 Å². The van der Waals surface area contributed by atoms with Gasteiger partial charge in [-0.05, 0) is 54.8 Å². The van der Waals surface area contributed by atoms with E-state index in [-0.39, 0.29) is 29.8 Å². The van der Waals surface area contributed by atoms with Crippen molar-refractivity contribution < 1.29 is 14.0 Å². The second kappa shape index (κ2) is 11.1. The summed E-state index contributed by atoms with van der Waals surface area (Å²) in [5, 5.41) is 2.70. The number of amides is 1. The maximum Gasteiger partial charge on any atom is 0.277 e. The number of aryl methyl sites for hydroxylation is 1. The van der Waals surface area contributed by atoms with Crippen LogP contribution in [0.5, 0.6) is 0 Å². The van der Waals surface area contributed by atoms with Crippen LogP contribution in [0.3, 0.4) is 0 Å². The molecule has 0 saturated carbocycles. The smallest absolute Gasteiger partial charge is 0.277 e. The number of halogens is 1. The quantitative estimate of drug-likeness (QED) is 0.345. The Morgan fingerprint density at radius 3 is 2.46 bits per heavy atom. The molecule has 0 aliphatic rings. The molecule has 4 rings (SSSR count). The molecule has 1 N–H and O–H groups in total. The van der Waals surface area contributed by atoms with E-state index in [1.807, 2.05) is 38.1 Å². The summed E-state index contributed by atoms with van der Waals surface area (Å²) in [5.41, 5.74) is 2.59. The number of benzene rings is 2. The summed E-state index contributed by atoms with van der Waals surface area (Å²) in [5.74, 6) is -0.833. The van der Waals surface area contributed by atoms with Gasteiger partial charge in [-0.25, -0.2) is 9.37 Å². The third-order valence-corrected chi connectivity index (χ3v) is 6.26. The van der Waals surface area contributed by atoms with Crippen LogP contribution in [0.25, 0.3) is 11.4 Å². The molecule has 0 radical (unpaired) electrons. The van der Waals surface area contributed by atoms with E-state index < -0.39 is 11.4 Å². The fourth-order valence-electron chi connectivity index (χ4n) is 3.85. The number of anilines is 1. The van der Waals surface area contributed by atoms with Gasteiger partial charge in [-0.3, -0.25) is 23.9 Å². The van der Waals surface area contributed by atoms with Gasteiger partial charge in [0.1, 0.15) is 17.3 Å². The zero-order valence-corrected chi connectivity index (χ0v) is 20.9. The summed E-state index contributed by atoms with van der Waals surface area (Å²) in [4.78, 5) is 47.8. The molecule has 0 fully saturated rings. The topological polar surface area (TPSA) is 93.9 Å². The van der Waals surface area contributed by atoms with E-state index in [4.69, 9.17) is 0 Å². The van der Waals surface area contributed by atoms with Crippen molar-refractivity contribution in [2.24, 2.45) is 5.92 Å². The molecule has 7 nitrogen and oxygen atoms in total. The summed E-state index contributed by atoms with van der Waals surface area (Å²) < 4.78 is 14.8. The Morgan fingerprint density at radius 1 is 1.03 bits per heavy atom. The van der Waals surface area contributed by atoms with Crippen molar-refractivity contribution in [1.82, 2.24) is 14.5 Å². The van der Waals surface area contributed by atoms with E-state index in [1.54, 1.807) is 19.2 Å². The molecule has 2 aromatic carbocycles. The molecule has 2 heterocycles. The monoisotopic (exact) mass is 498 g/mol. The molecule has 37 heavy (non-hydrogen) atoms. The summed E-state index contributed by atoms with van der Waals surface area (Å²) in [6.45, 7) is 5.68. The molecule has 188 valence electrons. The largest absolute Gasteiger partial charge is 0.320 e. The normalized spacial score (nSPS) is 11.7. The highest BCUT2D eigenvalue weighted by molar-refractivity contribution is 6.08. The molecule has 0 aliphatic heterocycles. The zero-order chi connectivity index (χ0) is 26.5. The van der Waals surface area contributed by atoms with Gasteiger partial charge in [-0.15, -0.1) is 0 Å². The highest BCUT2D eigenvalue weighted by Gasteiger charge is 2.18. The van der Waals surface area contributed by atoms with Crippen LogP contribution in [0.1, 0.15) is 47.3 Å². The molecule has 1 amide bonds. The van der Waals surface area contributed by atoms with Crippen LogP contribution in [-0.4, -0.2) is 26.2 Å². The van der Waals surface area contributed by atoms with E-state index in [9.17, 15) is 18.8 Å². The van der Waals surface area contributed by atoms with E-state index >= 15 is 0 Å². The first-order valence-electron chi connectivity index (χ1n) is 12.0. The first kappa shape index (κ1) is 25.6. The average molecular weight is 499 g/mol. The maximum atomic E-state index is 13.6. The number of nitrogens with one attached hydrogen (secondary N) is 1. The molecule has 8 heteroatoms. The van der Waals surface area contributed by atoms with Crippen molar-refractivity contribution in [2.45, 2.75) is 33.7 Å². The van der Waals surface area contributed by atoms with Crippen molar-refractivity contribution in [2.75, 3.05) is 5.32 Å². The van der Waals surface area contributed by atoms with Crippen LogP contribution < -0.4 is 10.9 Å². The molecule has 0 unspecified atom stereocenters. The van der Waals surface area contributed by atoms with Crippen molar-refractivity contribution in [3.8, 4) is 11.4 Å². The molecular formula is C29H27FN4O3. The lowest BCUT2D eigenvalue weighted by atomic mass is 10.0. The Labute approximate surface area is 214 Å². The summed E-state index contributed by atoms with van der Waals surface area (Å²) >= 11 is 0. The number of nitrogens with zero attached hydrogens (tertiary/aromatic N) is 3. The van der Waals surface area contributed by atoms with Crippen LogP contribution in [-0.2, 0) is 11.3 Å². The first-order valence-corrected chi connectivity index (χ1v) is 12.0. The van der Waals surface area contributed by atoms with E-state index in [2.05, 4.69) is 15.3 Å². The van der Waals surface area contributed by atoms with Crippen molar-refractivity contribution in [1.29, 1.82) is 0 Å². The lowest BCUT2D eigenvalue weighted by Gasteiger charge is -2.17. The lowest BCUT2D eigenvalue weighted by molar-refractivity contribution is -0.119. The van der Waals surface area contributed by atoms with Gasteiger partial charge < -0.3 is 5.32 Å². The fourth-order valence-corrected chi connectivity index (χ4v) is 3.85. The average Bonchev–Trinajstić information content (AvgIpc) is 2.91. The molecule has 0 bridgehead atoms. The molecule has 0 spiro atoms. The van der Waals surface area contributed by atoms with Crippen molar-refractivity contribution in [3.63, 3.8) is 0 Å². The second-order valence-corrected chi connectivity index (χ2v) is 8.92. The van der Waals surface area contributed by atoms with Crippen LogP contribution in [0.15, 0.2) is 78.0 Å². The SMILES string of the molecule is CC[C@@H](C)C(=O)Nc1cnc(-c2ccccc2C)n(Cc2cncc(C(=O)c3ccc(F)cc3)c2)c1=O. The summed E-state index contributed by atoms with van der Waals surface area (Å²) in [7, 11) is 0. The van der Waals surface area contributed by atoms with Crippen molar-refractivity contribution >= 4 is 17.4 Å². The fraction of sp³-hybridized carbons (Fsp3) is 0.207. The van der Waals surface area contributed by atoms with Crippen LogP contribution >= 0.6 is 0 Å². The predicted octanol–water partition coefficient (Wildman–Crippen LogP) is 5.02. The third kappa shape index (κ3) is 5.69. The van der Waals surface area contributed by atoms with Gasteiger partial charge in [-0.1, -0.05) is 38.1 Å².